The third kappa shape index (κ3) is 8.65. The van der Waals surface area contributed by atoms with Crippen molar-refractivity contribution in [2.24, 2.45) is 4.99 Å². The van der Waals surface area contributed by atoms with Gasteiger partial charge in [-0.25, -0.2) is 8.42 Å². The standard InChI is InChI=1S/C20H33N3O3S/c1-16(13-14-27(3,24)25)23-20(21-2)22-15-17-9-11-19(12-10-17)26-18-7-5-4-6-8-18/h9-12,16,18H,4-8,13-15H2,1-3H3,(H2,21,22,23). The van der Waals surface area contributed by atoms with Crippen LogP contribution in [0.2, 0.25) is 0 Å². The van der Waals surface area contributed by atoms with Crippen molar-refractivity contribution in [3.05, 3.63) is 29.8 Å². The molecule has 27 heavy (non-hydrogen) atoms. The average molecular weight is 396 g/mol. The lowest BCUT2D eigenvalue weighted by Gasteiger charge is -2.23. The van der Waals surface area contributed by atoms with Crippen molar-refractivity contribution in [3.63, 3.8) is 0 Å². The van der Waals surface area contributed by atoms with Crippen LogP contribution in [0.25, 0.3) is 0 Å². The fourth-order valence-corrected chi connectivity index (χ4v) is 3.92. The molecule has 1 aromatic rings. The zero-order chi connectivity index (χ0) is 19.7. The van der Waals surface area contributed by atoms with Gasteiger partial charge >= 0.3 is 0 Å². The number of aliphatic imine (C=N–C) groups is 1. The molecule has 152 valence electrons. The summed E-state index contributed by atoms with van der Waals surface area (Å²) in [7, 11) is -1.24. The van der Waals surface area contributed by atoms with Crippen LogP contribution < -0.4 is 15.4 Å². The maximum absolute atomic E-state index is 11.3. The highest BCUT2D eigenvalue weighted by molar-refractivity contribution is 7.90. The van der Waals surface area contributed by atoms with Crippen LogP contribution in [0.1, 0.15) is 51.0 Å². The van der Waals surface area contributed by atoms with Crippen molar-refractivity contribution in [1.29, 1.82) is 0 Å². The van der Waals surface area contributed by atoms with Gasteiger partial charge in [-0.05, 0) is 56.7 Å². The predicted molar refractivity (Wildman–Crippen MR) is 111 cm³/mol. The number of nitrogens with one attached hydrogen (secondary N) is 2. The van der Waals surface area contributed by atoms with E-state index in [1.54, 1.807) is 7.05 Å². The minimum absolute atomic E-state index is 0.0252. The molecule has 0 amide bonds. The van der Waals surface area contributed by atoms with Crippen molar-refractivity contribution in [2.45, 2.75) is 64.1 Å². The third-order valence-electron chi connectivity index (χ3n) is 4.77. The van der Waals surface area contributed by atoms with Gasteiger partial charge in [0.2, 0.25) is 0 Å². The van der Waals surface area contributed by atoms with Crippen molar-refractivity contribution in [3.8, 4) is 5.75 Å². The summed E-state index contributed by atoms with van der Waals surface area (Å²) in [6, 6.07) is 8.20. The van der Waals surface area contributed by atoms with Gasteiger partial charge < -0.3 is 15.4 Å². The highest BCUT2D eigenvalue weighted by Crippen LogP contribution is 2.23. The Labute approximate surface area is 163 Å². The molecule has 1 atom stereocenters. The van der Waals surface area contributed by atoms with Crippen molar-refractivity contribution in [1.82, 2.24) is 10.6 Å². The first-order valence-electron chi connectivity index (χ1n) is 9.76. The minimum atomic E-state index is -2.94. The molecular formula is C20H33N3O3S. The number of ether oxygens (including phenoxy) is 1. The van der Waals surface area contributed by atoms with Crippen LogP contribution in [0.15, 0.2) is 29.3 Å². The van der Waals surface area contributed by atoms with E-state index in [1.165, 1.54) is 25.5 Å². The summed E-state index contributed by atoms with van der Waals surface area (Å²) in [5, 5.41) is 6.49. The van der Waals surface area contributed by atoms with E-state index >= 15 is 0 Å². The zero-order valence-electron chi connectivity index (χ0n) is 16.7. The summed E-state index contributed by atoms with van der Waals surface area (Å²) in [6.07, 6.45) is 8.33. The van der Waals surface area contributed by atoms with E-state index in [1.807, 2.05) is 19.1 Å². The van der Waals surface area contributed by atoms with Gasteiger partial charge in [-0.2, -0.15) is 0 Å². The SMILES string of the molecule is CN=C(NCc1ccc(OC2CCCCC2)cc1)NC(C)CCS(C)(=O)=O. The molecule has 1 aliphatic carbocycles. The topological polar surface area (TPSA) is 79.8 Å². The molecular weight excluding hydrogens is 362 g/mol. The van der Waals surface area contributed by atoms with Crippen LogP contribution in [0.3, 0.4) is 0 Å². The van der Waals surface area contributed by atoms with Crippen LogP contribution in [-0.2, 0) is 16.4 Å². The number of sulfone groups is 1. The van der Waals surface area contributed by atoms with Crippen molar-refractivity contribution in [2.75, 3.05) is 19.1 Å². The number of rotatable bonds is 8. The molecule has 0 radical (unpaired) electrons. The summed E-state index contributed by atoms with van der Waals surface area (Å²) in [5.74, 6) is 1.77. The van der Waals surface area contributed by atoms with Gasteiger partial charge in [0.15, 0.2) is 5.96 Å². The Bertz CT molecular complexity index is 696. The summed E-state index contributed by atoms with van der Waals surface area (Å²) >= 11 is 0. The molecule has 2 rings (SSSR count). The van der Waals surface area contributed by atoms with Crippen LogP contribution >= 0.6 is 0 Å². The Hall–Kier alpha value is -1.76. The Balaban J connectivity index is 1.76. The van der Waals surface area contributed by atoms with Gasteiger partial charge in [-0.1, -0.05) is 18.6 Å². The zero-order valence-corrected chi connectivity index (χ0v) is 17.5. The molecule has 1 fully saturated rings. The van der Waals surface area contributed by atoms with Gasteiger partial charge in [-0.15, -0.1) is 0 Å². The quantitative estimate of drug-likeness (QED) is 0.523. The molecule has 1 aromatic carbocycles. The second-order valence-electron chi connectivity index (χ2n) is 7.41. The number of benzene rings is 1. The number of hydrogen-bond acceptors (Lipinski definition) is 4. The lowest BCUT2D eigenvalue weighted by molar-refractivity contribution is 0.155. The largest absolute Gasteiger partial charge is 0.490 e. The molecule has 0 saturated heterocycles. The van der Waals surface area contributed by atoms with Gasteiger partial charge in [0.05, 0.1) is 11.9 Å². The molecule has 0 spiro atoms. The fourth-order valence-electron chi connectivity index (χ4n) is 3.14. The van der Waals surface area contributed by atoms with E-state index in [0.29, 0.717) is 25.0 Å². The van der Waals surface area contributed by atoms with E-state index < -0.39 is 9.84 Å². The Morgan fingerprint density at radius 3 is 2.48 bits per heavy atom. The number of nitrogens with zero attached hydrogens (tertiary/aromatic N) is 1. The number of guanidine groups is 1. The minimum Gasteiger partial charge on any atom is -0.490 e. The summed E-state index contributed by atoms with van der Waals surface area (Å²) in [5.41, 5.74) is 1.14. The van der Waals surface area contributed by atoms with E-state index in [0.717, 1.165) is 24.2 Å². The van der Waals surface area contributed by atoms with Crippen LogP contribution in [-0.4, -0.2) is 45.6 Å². The molecule has 6 nitrogen and oxygen atoms in total. The first-order chi connectivity index (χ1) is 12.9. The Morgan fingerprint density at radius 1 is 1.22 bits per heavy atom. The molecule has 0 aromatic heterocycles. The second-order valence-corrected chi connectivity index (χ2v) is 9.67. The first-order valence-corrected chi connectivity index (χ1v) is 11.8. The third-order valence-corrected chi connectivity index (χ3v) is 5.74. The smallest absolute Gasteiger partial charge is 0.191 e. The van der Waals surface area contributed by atoms with E-state index in [2.05, 4.69) is 27.8 Å². The summed E-state index contributed by atoms with van der Waals surface area (Å²) in [4.78, 5) is 4.20. The highest BCUT2D eigenvalue weighted by Gasteiger charge is 2.14. The lowest BCUT2D eigenvalue weighted by atomic mass is 9.98. The summed E-state index contributed by atoms with van der Waals surface area (Å²) in [6.45, 7) is 2.59. The van der Waals surface area contributed by atoms with Gasteiger partial charge in [0.1, 0.15) is 15.6 Å². The molecule has 2 N–H and O–H groups in total. The monoisotopic (exact) mass is 395 g/mol. The molecule has 0 heterocycles. The lowest BCUT2D eigenvalue weighted by Crippen LogP contribution is -2.42. The number of hydrogen-bond donors (Lipinski definition) is 2. The molecule has 7 heteroatoms. The molecule has 1 aliphatic rings. The normalized spacial score (nSPS) is 17.4. The van der Waals surface area contributed by atoms with E-state index in [9.17, 15) is 8.42 Å². The maximum Gasteiger partial charge on any atom is 0.191 e. The first kappa shape index (κ1) is 21.5. The molecule has 1 saturated carbocycles. The van der Waals surface area contributed by atoms with Gasteiger partial charge in [0.25, 0.3) is 0 Å². The van der Waals surface area contributed by atoms with E-state index in [4.69, 9.17) is 4.74 Å². The van der Waals surface area contributed by atoms with Gasteiger partial charge in [-0.3, -0.25) is 4.99 Å². The van der Waals surface area contributed by atoms with Crippen molar-refractivity contribution < 1.29 is 13.2 Å². The van der Waals surface area contributed by atoms with Crippen LogP contribution in [0.4, 0.5) is 0 Å². The Kier molecular flexibility index (Phi) is 8.41. The highest BCUT2D eigenvalue weighted by atomic mass is 32.2. The fraction of sp³-hybridized carbons (Fsp3) is 0.650. The second kappa shape index (κ2) is 10.5. The predicted octanol–water partition coefficient (Wildman–Crippen LogP) is 2.89. The Morgan fingerprint density at radius 2 is 1.89 bits per heavy atom. The summed E-state index contributed by atoms with van der Waals surface area (Å²) < 4.78 is 28.6. The molecule has 0 aliphatic heterocycles. The maximum atomic E-state index is 11.3. The molecule has 1 unspecified atom stereocenters. The van der Waals surface area contributed by atoms with Crippen molar-refractivity contribution >= 4 is 15.8 Å². The van der Waals surface area contributed by atoms with Crippen LogP contribution in [0, 0.1) is 0 Å². The van der Waals surface area contributed by atoms with Crippen LogP contribution in [0.5, 0.6) is 5.75 Å². The van der Waals surface area contributed by atoms with Gasteiger partial charge in [0, 0.05) is 25.9 Å². The average Bonchev–Trinajstić information content (AvgIpc) is 2.65. The molecule has 0 bridgehead atoms. The van der Waals surface area contributed by atoms with E-state index in [-0.39, 0.29) is 11.8 Å².